The minimum absolute atomic E-state index is 0.0978. The Hall–Kier alpha value is -4.33. The van der Waals surface area contributed by atoms with Gasteiger partial charge in [-0.15, -0.1) is 0 Å². The third-order valence-corrected chi connectivity index (χ3v) is 4.94. The van der Waals surface area contributed by atoms with Crippen molar-refractivity contribution in [2.75, 3.05) is 26.6 Å². The number of ether oxygens (including phenoxy) is 3. The van der Waals surface area contributed by atoms with E-state index in [9.17, 15) is 4.79 Å². The molecule has 0 unspecified atom stereocenters. The summed E-state index contributed by atoms with van der Waals surface area (Å²) in [4.78, 5) is 22.2. The Labute approximate surface area is 190 Å². The van der Waals surface area contributed by atoms with Crippen LogP contribution in [0, 0.1) is 6.92 Å². The molecule has 1 N–H and O–H groups in total. The van der Waals surface area contributed by atoms with Gasteiger partial charge in [0.05, 0.1) is 21.3 Å². The molecule has 0 spiro atoms. The lowest BCUT2D eigenvalue weighted by Crippen LogP contribution is -2.22. The number of carbonyl (C=O) groups is 1. The van der Waals surface area contributed by atoms with E-state index in [-0.39, 0.29) is 11.1 Å². The molecule has 4 rings (SSSR count). The molecule has 0 fully saturated rings. The number of amides is 1. The van der Waals surface area contributed by atoms with E-state index in [1.807, 2.05) is 31.2 Å². The van der Waals surface area contributed by atoms with Gasteiger partial charge < -0.3 is 23.9 Å². The molecule has 0 aliphatic heterocycles. The fourth-order valence-electron chi connectivity index (χ4n) is 3.31. The zero-order chi connectivity index (χ0) is 23.4. The number of aryl methyl sites for hydroxylation is 1. The molecule has 168 valence electrons. The minimum atomic E-state index is -0.409. The second-order valence-corrected chi connectivity index (χ2v) is 7.11. The third-order valence-electron chi connectivity index (χ3n) is 4.94. The van der Waals surface area contributed by atoms with Crippen molar-refractivity contribution in [3.8, 4) is 17.2 Å². The van der Waals surface area contributed by atoms with Gasteiger partial charge in [-0.1, -0.05) is 18.2 Å². The average molecular weight is 445 g/mol. The number of para-hydroxylation sites is 1. The zero-order valence-corrected chi connectivity index (χ0v) is 18.7. The Morgan fingerprint density at radius 1 is 0.939 bits per heavy atom. The van der Waals surface area contributed by atoms with E-state index in [4.69, 9.17) is 18.6 Å². The Balaban J connectivity index is 1.91. The number of carbonyl (C=O) groups excluding carboxylic acids is 1. The molecule has 0 aliphatic carbocycles. The highest BCUT2D eigenvalue weighted by Gasteiger charge is 2.16. The molecule has 2 aromatic carbocycles. The summed E-state index contributed by atoms with van der Waals surface area (Å²) >= 11 is 0. The summed E-state index contributed by atoms with van der Waals surface area (Å²) in [7, 11) is 4.65. The largest absolute Gasteiger partial charge is 0.497 e. The lowest BCUT2D eigenvalue weighted by atomic mass is 10.1. The number of fused-ring (bicyclic) bond motifs is 1. The Morgan fingerprint density at radius 2 is 1.73 bits per heavy atom. The van der Waals surface area contributed by atoms with Gasteiger partial charge >= 0.3 is 0 Å². The summed E-state index contributed by atoms with van der Waals surface area (Å²) in [5.74, 6) is 1.63. The van der Waals surface area contributed by atoms with Crippen LogP contribution in [-0.4, -0.2) is 32.2 Å². The first-order valence-corrected chi connectivity index (χ1v) is 10.1. The minimum Gasteiger partial charge on any atom is -0.497 e. The fraction of sp³-hybridized carbons (Fsp3) is 0.160. The third kappa shape index (κ3) is 4.64. The van der Waals surface area contributed by atoms with E-state index < -0.39 is 5.91 Å². The molecule has 8 heteroatoms. The zero-order valence-electron chi connectivity index (χ0n) is 18.7. The Morgan fingerprint density at radius 3 is 2.45 bits per heavy atom. The van der Waals surface area contributed by atoms with Gasteiger partial charge in [0, 0.05) is 17.1 Å². The second kappa shape index (κ2) is 9.44. The van der Waals surface area contributed by atoms with Crippen molar-refractivity contribution < 1.29 is 23.4 Å². The normalized spacial score (nSPS) is 11.3. The van der Waals surface area contributed by atoms with Gasteiger partial charge in [0.2, 0.25) is 5.55 Å². The molecule has 0 bridgehead atoms. The molecule has 4 aromatic rings. The van der Waals surface area contributed by atoms with Crippen molar-refractivity contribution in [3.05, 3.63) is 77.5 Å². The van der Waals surface area contributed by atoms with Crippen LogP contribution in [0.15, 0.2) is 70.1 Å². The Bertz CT molecular complexity index is 1390. The van der Waals surface area contributed by atoms with Gasteiger partial charge in [-0.3, -0.25) is 4.79 Å². The van der Waals surface area contributed by atoms with Gasteiger partial charge in [0.1, 0.15) is 28.6 Å². The van der Waals surface area contributed by atoms with Crippen LogP contribution in [0.1, 0.15) is 16.1 Å². The number of hydrogen-bond donors (Lipinski definition) is 1. The molecule has 0 saturated carbocycles. The average Bonchev–Trinajstić information content (AvgIpc) is 2.83. The first-order valence-electron chi connectivity index (χ1n) is 10.1. The molecule has 0 saturated heterocycles. The molecule has 2 aromatic heterocycles. The predicted octanol–water partition coefficient (Wildman–Crippen LogP) is 4.65. The van der Waals surface area contributed by atoms with E-state index in [1.165, 1.54) is 7.11 Å². The van der Waals surface area contributed by atoms with Crippen molar-refractivity contribution in [1.29, 1.82) is 0 Å². The number of nitrogens with one attached hydrogen (secondary N) is 1. The van der Waals surface area contributed by atoms with Crippen LogP contribution in [0.25, 0.3) is 11.0 Å². The lowest BCUT2D eigenvalue weighted by Gasteiger charge is -2.10. The van der Waals surface area contributed by atoms with Crippen molar-refractivity contribution in [2.24, 2.45) is 4.99 Å². The second-order valence-electron chi connectivity index (χ2n) is 7.11. The SMILES string of the molecule is COc1ccc(N=c2oc3c(OC)cccc3cc2C(=O)Nc2cccc(C)n2)c(OC)c1. The van der Waals surface area contributed by atoms with Crippen LogP contribution >= 0.6 is 0 Å². The number of hydrogen-bond acceptors (Lipinski definition) is 7. The van der Waals surface area contributed by atoms with Crippen LogP contribution in [0.3, 0.4) is 0 Å². The Kier molecular flexibility index (Phi) is 6.26. The molecule has 8 nitrogen and oxygen atoms in total. The van der Waals surface area contributed by atoms with Crippen molar-refractivity contribution in [3.63, 3.8) is 0 Å². The van der Waals surface area contributed by atoms with Gasteiger partial charge in [-0.2, -0.15) is 0 Å². The van der Waals surface area contributed by atoms with Crippen molar-refractivity contribution >= 4 is 28.4 Å². The number of rotatable bonds is 6. The highest BCUT2D eigenvalue weighted by atomic mass is 16.5. The quantitative estimate of drug-likeness (QED) is 0.464. The molecule has 1 amide bonds. The lowest BCUT2D eigenvalue weighted by molar-refractivity contribution is 0.102. The molecule has 0 radical (unpaired) electrons. The maximum absolute atomic E-state index is 13.2. The van der Waals surface area contributed by atoms with Crippen LogP contribution in [0.2, 0.25) is 0 Å². The molecule has 0 aliphatic rings. The molecule has 33 heavy (non-hydrogen) atoms. The number of aromatic nitrogens is 1. The first-order chi connectivity index (χ1) is 16.0. The summed E-state index contributed by atoms with van der Waals surface area (Å²) in [6.07, 6.45) is 0. The van der Waals surface area contributed by atoms with Crippen molar-refractivity contribution in [2.45, 2.75) is 6.92 Å². The van der Waals surface area contributed by atoms with Crippen LogP contribution in [0.4, 0.5) is 11.5 Å². The van der Waals surface area contributed by atoms with Crippen LogP contribution in [0.5, 0.6) is 17.2 Å². The number of methoxy groups -OCH3 is 3. The fourth-order valence-corrected chi connectivity index (χ4v) is 3.31. The van der Waals surface area contributed by atoms with E-state index in [0.717, 1.165) is 5.69 Å². The van der Waals surface area contributed by atoms with E-state index in [1.54, 1.807) is 50.6 Å². The molecule has 0 atom stereocenters. The van der Waals surface area contributed by atoms with E-state index in [2.05, 4.69) is 15.3 Å². The summed E-state index contributed by atoms with van der Waals surface area (Å²) in [6.45, 7) is 1.85. The smallest absolute Gasteiger partial charge is 0.262 e. The standard InChI is InChI=1S/C25H23N3O5/c1-15-7-5-10-22(26-15)28-24(29)18-13-16-8-6-9-20(31-3)23(16)33-25(18)27-19-12-11-17(30-2)14-21(19)32-4/h5-14H,1-4H3,(H,26,28,29). The highest BCUT2D eigenvalue weighted by molar-refractivity contribution is 6.05. The molecular formula is C25H23N3O5. The number of pyridine rings is 1. The maximum Gasteiger partial charge on any atom is 0.262 e. The van der Waals surface area contributed by atoms with Crippen LogP contribution < -0.4 is 25.1 Å². The number of benzene rings is 2. The monoisotopic (exact) mass is 445 g/mol. The molecule has 2 heterocycles. The van der Waals surface area contributed by atoms with Gasteiger partial charge in [-0.05, 0) is 43.3 Å². The summed E-state index contributed by atoms with van der Waals surface area (Å²) < 4.78 is 22.2. The van der Waals surface area contributed by atoms with Crippen molar-refractivity contribution in [1.82, 2.24) is 4.98 Å². The summed E-state index contributed by atoms with van der Waals surface area (Å²) in [6, 6.07) is 17.7. The van der Waals surface area contributed by atoms with E-state index >= 15 is 0 Å². The van der Waals surface area contributed by atoms with Gasteiger partial charge in [0.15, 0.2) is 11.3 Å². The first kappa shape index (κ1) is 21.9. The number of anilines is 1. The number of nitrogens with zero attached hydrogens (tertiary/aromatic N) is 2. The van der Waals surface area contributed by atoms with E-state index in [0.29, 0.717) is 39.7 Å². The highest BCUT2D eigenvalue weighted by Crippen LogP contribution is 2.31. The maximum atomic E-state index is 13.2. The van der Waals surface area contributed by atoms with Crippen LogP contribution in [-0.2, 0) is 0 Å². The summed E-state index contributed by atoms with van der Waals surface area (Å²) in [5, 5.41) is 3.50. The summed E-state index contributed by atoms with van der Waals surface area (Å²) in [5.41, 5.74) is 2.06. The topological polar surface area (TPSA) is 95.2 Å². The van der Waals surface area contributed by atoms with Gasteiger partial charge in [-0.25, -0.2) is 9.98 Å². The molecular weight excluding hydrogens is 422 g/mol. The predicted molar refractivity (Wildman–Crippen MR) is 124 cm³/mol. The van der Waals surface area contributed by atoms with Gasteiger partial charge in [0.25, 0.3) is 5.91 Å².